The van der Waals surface area contributed by atoms with Crippen molar-refractivity contribution in [1.29, 1.82) is 0 Å². The largest absolute Gasteiger partial charge is 0.481 e. The molecule has 0 amide bonds. The number of aromatic nitrogens is 2. The first-order valence-corrected chi connectivity index (χ1v) is 6.45. The first kappa shape index (κ1) is 12.4. The van der Waals surface area contributed by atoms with E-state index in [1.807, 2.05) is 67.0 Å². The van der Waals surface area contributed by atoms with Gasteiger partial charge in [0.05, 0.1) is 0 Å². The van der Waals surface area contributed by atoms with Crippen molar-refractivity contribution in [2.45, 2.75) is 6.10 Å². The Morgan fingerprint density at radius 3 is 1.80 bits per heavy atom. The molecule has 0 unspecified atom stereocenters. The van der Waals surface area contributed by atoms with Crippen LogP contribution in [0.2, 0.25) is 0 Å². The second kappa shape index (κ2) is 5.97. The third-order valence-corrected chi connectivity index (χ3v) is 2.97. The minimum absolute atomic E-state index is 0.209. The Morgan fingerprint density at radius 1 is 0.700 bits per heavy atom. The van der Waals surface area contributed by atoms with Gasteiger partial charge >= 0.3 is 0 Å². The zero-order valence-electron chi connectivity index (χ0n) is 10.9. The molecule has 0 saturated heterocycles. The van der Waals surface area contributed by atoms with Gasteiger partial charge in [-0.25, -0.2) is 0 Å². The van der Waals surface area contributed by atoms with E-state index >= 15 is 0 Å². The van der Waals surface area contributed by atoms with Crippen molar-refractivity contribution in [3.05, 3.63) is 90.5 Å². The maximum Gasteiger partial charge on any atom is 0.152 e. The summed E-state index contributed by atoms with van der Waals surface area (Å²) in [6.07, 6.45) is 6.94. The topological polar surface area (TPSA) is 35.0 Å². The van der Waals surface area contributed by atoms with Crippen molar-refractivity contribution in [3.8, 4) is 5.75 Å². The number of nitrogens with zero attached hydrogens (tertiary/aromatic N) is 2. The average Bonchev–Trinajstić information content (AvgIpc) is 2.55. The molecule has 1 aromatic carbocycles. The summed E-state index contributed by atoms with van der Waals surface area (Å²) in [5, 5.41) is 0. The third kappa shape index (κ3) is 2.83. The van der Waals surface area contributed by atoms with Crippen molar-refractivity contribution >= 4 is 0 Å². The van der Waals surface area contributed by atoms with Crippen LogP contribution >= 0.6 is 0 Å². The van der Waals surface area contributed by atoms with Gasteiger partial charge in [0.25, 0.3) is 0 Å². The van der Waals surface area contributed by atoms with Crippen LogP contribution in [0.4, 0.5) is 0 Å². The zero-order chi connectivity index (χ0) is 13.6. The zero-order valence-corrected chi connectivity index (χ0v) is 10.9. The molecule has 0 atom stereocenters. The van der Waals surface area contributed by atoms with E-state index in [9.17, 15) is 0 Å². The number of ether oxygens (including phenoxy) is 1. The molecule has 20 heavy (non-hydrogen) atoms. The van der Waals surface area contributed by atoms with Gasteiger partial charge in [-0.1, -0.05) is 30.3 Å². The molecule has 98 valence electrons. The predicted octanol–water partition coefficient (Wildman–Crippen LogP) is 3.65. The number of hydrogen-bond acceptors (Lipinski definition) is 3. The summed E-state index contributed by atoms with van der Waals surface area (Å²) in [6, 6.07) is 17.6. The Bertz CT molecular complexity index is 602. The highest BCUT2D eigenvalue weighted by Crippen LogP contribution is 2.27. The molecule has 0 aliphatic carbocycles. The van der Waals surface area contributed by atoms with E-state index in [0.29, 0.717) is 0 Å². The molecule has 0 saturated carbocycles. The lowest BCUT2D eigenvalue weighted by molar-refractivity contribution is 0.246. The molecule has 0 N–H and O–H groups in total. The smallest absolute Gasteiger partial charge is 0.152 e. The average molecular weight is 262 g/mol. The van der Waals surface area contributed by atoms with Gasteiger partial charge in [0.15, 0.2) is 6.10 Å². The molecule has 0 bridgehead atoms. The summed E-state index contributed by atoms with van der Waals surface area (Å²) in [5.74, 6) is 0.824. The third-order valence-electron chi connectivity index (χ3n) is 2.97. The Balaban J connectivity index is 1.96. The lowest BCUT2D eigenvalue weighted by atomic mass is 10.0. The molecule has 2 aromatic heterocycles. The van der Waals surface area contributed by atoms with Crippen molar-refractivity contribution in [3.63, 3.8) is 0 Å². The molecule has 3 heteroatoms. The number of benzene rings is 1. The summed E-state index contributed by atoms with van der Waals surface area (Å²) in [7, 11) is 0. The van der Waals surface area contributed by atoms with Crippen molar-refractivity contribution in [2.75, 3.05) is 0 Å². The van der Waals surface area contributed by atoms with E-state index in [1.165, 1.54) is 0 Å². The van der Waals surface area contributed by atoms with Crippen LogP contribution in [0.15, 0.2) is 79.4 Å². The molecule has 3 nitrogen and oxygen atoms in total. The van der Waals surface area contributed by atoms with Crippen LogP contribution in [0.25, 0.3) is 0 Å². The number of pyridine rings is 2. The predicted molar refractivity (Wildman–Crippen MR) is 77.4 cm³/mol. The van der Waals surface area contributed by atoms with Crippen LogP contribution in [-0.4, -0.2) is 9.97 Å². The van der Waals surface area contributed by atoms with Gasteiger partial charge < -0.3 is 4.74 Å². The van der Waals surface area contributed by atoms with Crippen LogP contribution in [0.5, 0.6) is 5.75 Å². The van der Waals surface area contributed by atoms with Gasteiger partial charge in [-0.05, 0) is 24.3 Å². The maximum absolute atomic E-state index is 6.11. The fourth-order valence-electron chi connectivity index (χ4n) is 2.03. The Morgan fingerprint density at radius 2 is 1.30 bits per heavy atom. The lowest BCUT2D eigenvalue weighted by Crippen LogP contribution is -2.10. The van der Waals surface area contributed by atoms with Gasteiger partial charge in [-0.3, -0.25) is 9.97 Å². The number of rotatable bonds is 4. The Kier molecular flexibility index (Phi) is 3.69. The highest BCUT2D eigenvalue weighted by molar-refractivity contribution is 5.30. The molecular formula is C17H14N2O. The quantitative estimate of drug-likeness (QED) is 0.720. The van der Waals surface area contributed by atoms with E-state index in [0.717, 1.165) is 16.9 Å². The molecule has 0 spiro atoms. The Hall–Kier alpha value is -2.68. The van der Waals surface area contributed by atoms with Crippen LogP contribution in [0, 0.1) is 0 Å². The first-order chi connectivity index (χ1) is 9.93. The molecule has 3 rings (SSSR count). The van der Waals surface area contributed by atoms with Gasteiger partial charge in [-0.15, -0.1) is 0 Å². The van der Waals surface area contributed by atoms with Crippen molar-refractivity contribution < 1.29 is 4.74 Å². The fourth-order valence-corrected chi connectivity index (χ4v) is 2.03. The van der Waals surface area contributed by atoms with Crippen molar-refractivity contribution in [2.24, 2.45) is 0 Å². The van der Waals surface area contributed by atoms with Gasteiger partial charge in [0.1, 0.15) is 5.75 Å². The van der Waals surface area contributed by atoms with Crippen LogP contribution in [0.1, 0.15) is 17.2 Å². The van der Waals surface area contributed by atoms with Gasteiger partial charge in [0.2, 0.25) is 0 Å². The van der Waals surface area contributed by atoms with Crippen molar-refractivity contribution in [1.82, 2.24) is 9.97 Å². The van der Waals surface area contributed by atoms with E-state index in [2.05, 4.69) is 9.97 Å². The minimum Gasteiger partial charge on any atom is -0.481 e. The normalized spacial score (nSPS) is 10.4. The highest BCUT2D eigenvalue weighted by atomic mass is 16.5. The molecule has 3 aromatic rings. The molecular weight excluding hydrogens is 248 g/mol. The van der Waals surface area contributed by atoms with Crippen LogP contribution in [0.3, 0.4) is 0 Å². The molecule has 0 radical (unpaired) electrons. The van der Waals surface area contributed by atoms with Gasteiger partial charge in [-0.2, -0.15) is 0 Å². The summed E-state index contributed by atoms with van der Waals surface area (Å²) < 4.78 is 6.11. The monoisotopic (exact) mass is 262 g/mol. The molecule has 0 aliphatic heterocycles. The van der Waals surface area contributed by atoms with E-state index in [1.54, 1.807) is 12.4 Å². The molecule has 0 fully saturated rings. The second-order valence-corrected chi connectivity index (χ2v) is 4.38. The van der Waals surface area contributed by atoms with E-state index in [4.69, 9.17) is 4.74 Å². The first-order valence-electron chi connectivity index (χ1n) is 6.45. The van der Waals surface area contributed by atoms with Crippen LogP contribution in [-0.2, 0) is 0 Å². The van der Waals surface area contributed by atoms with Crippen LogP contribution < -0.4 is 4.74 Å². The van der Waals surface area contributed by atoms with Gasteiger partial charge in [0, 0.05) is 35.9 Å². The lowest BCUT2D eigenvalue weighted by Gasteiger charge is -2.19. The standard InChI is InChI=1S/C17H14N2O/c1-2-8-16(9-3-1)20-17(14-6-4-10-18-12-14)15-7-5-11-19-13-15/h1-13,17H. The van der Waals surface area contributed by atoms with E-state index < -0.39 is 0 Å². The fraction of sp³-hybridized carbons (Fsp3) is 0.0588. The SMILES string of the molecule is c1ccc(OC(c2cccnc2)c2cccnc2)cc1. The summed E-state index contributed by atoms with van der Waals surface area (Å²) in [4.78, 5) is 8.34. The summed E-state index contributed by atoms with van der Waals surface area (Å²) in [6.45, 7) is 0. The highest BCUT2D eigenvalue weighted by Gasteiger charge is 2.16. The number of hydrogen-bond donors (Lipinski definition) is 0. The minimum atomic E-state index is -0.209. The van der Waals surface area contributed by atoms with E-state index in [-0.39, 0.29) is 6.10 Å². The summed E-state index contributed by atoms with van der Waals surface area (Å²) >= 11 is 0. The Labute approximate surface area is 117 Å². The number of para-hydroxylation sites is 1. The molecule has 2 heterocycles. The maximum atomic E-state index is 6.11. The summed E-state index contributed by atoms with van der Waals surface area (Å²) in [5.41, 5.74) is 2.01. The second-order valence-electron chi connectivity index (χ2n) is 4.38. The molecule has 0 aliphatic rings.